The minimum atomic E-state index is -3.70. The number of rotatable bonds is 6. The number of nitrogens with zero attached hydrogens (tertiary/aromatic N) is 3. The summed E-state index contributed by atoms with van der Waals surface area (Å²) in [4.78, 5) is 10.7. The molecule has 0 amide bonds. The smallest absolute Gasteiger partial charge is 0.345 e. The predicted octanol–water partition coefficient (Wildman–Crippen LogP) is 0.0958. The molecule has 8 nitrogen and oxygen atoms in total. The predicted molar refractivity (Wildman–Crippen MR) is 71.2 cm³/mol. The van der Waals surface area contributed by atoms with Gasteiger partial charge in [0.1, 0.15) is 17.0 Å². The highest BCUT2D eigenvalue weighted by Crippen LogP contribution is 2.18. The first-order valence-electron chi connectivity index (χ1n) is 5.54. The first kappa shape index (κ1) is 14.6. The van der Waals surface area contributed by atoms with Crippen molar-refractivity contribution < 1.29 is 18.3 Å². The van der Waals surface area contributed by atoms with Crippen LogP contribution in [0.5, 0.6) is 0 Å². The molecule has 0 saturated carbocycles. The number of carbonyl (C=O) groups is 1. The average Bonchev–Trinajstić information content (AvgIpc) is 2.99. The van der Waals surface area contributed by atoms with Gasteiger partial charge in [-0.05, 0) is 6.07 Å². The van der Waals surface area contributed by atoms with E-state index in [1.165, 1.54) is 11.7 Å². The molecule has 0 spiro atoms. The van der Waals surface area contributed by atoms with Crippen molar-refractivity contribution in [1.82, 2.24) is 19.5 Å². The molecule has 20 heavy (non-hydrogen) atoms. The topological polar surface area (TPSA) is 114 Å². The van der Waals surface area contributed by atoms with Crippen LogP contribution in [0.25, 0.3) is 0 Å². The molecular formula is C10H12N4O4S2. The normalized spacial score (nSPS) is 11.7. The molecule has 0 aliphatic carbocycles. The fourth-order valence-corrected chi connectivity index (χ4v) is 3.63. The Morgan fingerprint density at radius 1 is 1.55 bits per heavy atom. The molecule has 108 valence electrons. The second-order valence-electron chi connectivity index (χ2n) is 3.96. The van der Waals surface area contributed by atoms with Crippen LogP contribution in [0, 0.1) is 0 Å². The fraction of sp³-hybridized carbons (Fsp3) is 0.300. The number of sulfonamides is 1. The van der Waals surface area contributed by atoms with Gasteiger partial charge >= 0.3 is 5.97 Å². The van der Waals surface area contributed by atoms with Crippen LogP contribution in [-0.4, -0.2) is 40.8 Å². The van der Waals surface area contributed by atoms with Gasteiger partial charge in [-0.25, -0.2) is 17.9 Å². The Kier molecular flexibility index (Phi) is 4.16. The third kappa shape index (κ3) is 3.21. The molecule has 0 radical (unpaired) electrons. The zero-order valence-corrected chi connectivity index (χ0v) is 12.1. The minimum absolute atomic E-state index is 0.0151. The van der Waals surface area contributed by atoms with E-state index < -0.39 is 16.0 Å². The molecule has 10 heteroatoms. The van der Waals surface area contributed by atoms with E-state index in [1.54, 1.807) is 11.6 Å². The Morgan fingerprint density at radius 3 is 2.85 bits per heavy atom. The number of carboxylic acids is 1. The first-order valence-corrected chi connectivity index (χ1v) is 7.91. The second-order valence-corrected chi connectivity index (χ2v) is 6.64. The number of aryl methyl sites for hydroxylation is 1. The van der Waals surface area contributed by atoms with Crippen molar-refractivity contribution in [2.24, 2.45) is 7.05 Å². The van der Waals surface area contributed by atoms with E-state index in [9.17, 15) is 13.2 Å². The van der Waals surface area contributed by atoms with Crippen LogP contribution in [0.4, 0.5) is 0 Å². The highest BCUT2D eigenvalue weighted by atomic mass is 32.2. The molecule has 0 aromatic carbocycles. The van der Waals surface area contributed by atoms with Crippen LogP contribution < -0.4 is 4.72 Å². The van der Waals surface area contributed by atoms with Crippen molar-refractivity contribution in [1.29, 1.82) is 0 Å². The van der Waals surface area contributed by atoms with Crippen LogP contribution in [-0.2, 0) is 23.5 Å². The van der Waals surface area contributed by atoms with Crippen LogP contribution >= 0.6 is 11.3 Å². The fourth-order valence-electron chi connectivity index (χ4n) is 1.49. The van der Waals surface area contributed by atoms with E-state index in [0.717, 1.165) is 17.4 Å². The molecule has 2 heterocycles. The van der Waals surface area contributed by atoms with Gasteiger partial charge in [-0.15, -0.1) is 21.5 Å². The van der Waals surface area contributed by atoms with Crippen molar-refractivity contribution in [2.45, 2.75) is 11.3 Å². The van der Waals surface area contributed by atoms with Crippen molar-refractivity contribution in [3.8, 4) is 0 Å². The molecule has 2 N–H and O–H groups in total. The number of carboxylic acid groups (broad SMARTS) is 1. The van der Waals surface area contributed by atoms with E-state index >= 15 is 0 Å². The lowest BCUT2D eigenvalue weighted by atomic mass is 10.4. The van der Waals surface area contributed by atoms with Gasteiger partial charge in [-0.1, -0.05) is 0 Å². The molecule has 0 unspecified atom stereocenters. The van der Waals surface area contributed by atoms with Gasteiger partial charge in [0.15, 0.2) is 0 Å². The van der Waals surface area contributed by atoms with E-state index in [1.807, 2.05) is 0 Å². The number of thiophene rings is 1. The highest BCUT2D eigenvalue weighted by molar-refractivity contribution is 7.89. The third-order valence-electron chi connectivity index (χ3n) is 2.54. The van der Waals surface area contributed by atoms with Gasteiger partial charge in [-0.3, -0.25) is 0 Å². The molecule has 0 bridgehead atoms. The number of aromatic nitrogens is 3. The zero-order chi connectivity index (χ0) is 14.8. The molecule has 0 aliphatic rings. The van der Waals surface area contributed by atoms with Crippen molar-refractivity contribution in [3.05, 3.63) is 28.5 Å². The summed E-state index contributed by atoms with van der Waals surface area (Å²) in [6, 6.07) is 1.14. The number of nitrogens with one attached hydrogen (secondary N) is 1. The second kappa shape index (κ2) is 5.69. The van der Waals surface area contributed by atoms with E-state index in [-0.39, 0.29) is 16.3 Å². The summed E-state index contributed by atoms with van der Waals surface area (Å²) < 4.78 is 28.0. The number of hydrogen-bond acceptors (Lipinski definition) is 6. The Hall–Kier alpha value is -1.78. The van der Waals surface area contributed by atoms with E-state index in [0.29, 0.717) is 12.2 Å². The van der Waals surface area contributed by atoms with Gasteiger partial charge < -0.3 is 9.67 Å². The molecule has 0 aliphatic heterocycles. The van der Waals surface area contributed by atoms with Crippen LogP contribution in [0.1, 0.15) is 15.5 Å². The van der Waals surface area contributed by atoms with Gasteiger partial charge in [0.2, 0.25) is 10.0 Å². The average molecular weight is 316 g/mol. The summed E-state index contributed by atoms with van der Waals surface area (Å²) in [5.74, 6) is -0.486. The Bertz CT molecular complexity index is 719. The van der Waals surface area contributed by atoms with Crippen LogP contribution in [0.15, 0.2) is 22.7 Å². The lowest BCUT2D eigenvalue weighted by Crippen LogP contribution is -2.26. The van der Waals surface area contributed by atoms with Gasteiger partial charge in [0.05, 0.1) is 4.90 Å². The summed E-state index contributed by atoms with van der Waals surface area (Å²) in [5.41, 5.74) is 0. The quantitative estimate of drug-likeness (QED) is 0.781. The lowest BCUT2D eigenvalue weighted by molar-refractivity contribution is 0.0702. The summed E-state index contributed by atoms with van der Waals surface area (Å²) in [5, 5.41) is 17.6. The third-order valence-corrected chi connectivity index (χ3v) is 5.05. The molecule has 2 aromatic heterocycles. The zero-order valence-electron chi connectivity index (χ0n) is 10.5. The van der Waals surface area contributed by atoms with Gasteiger partial charge in [-0.2, -0.15) is 0 Å². The maximum Gasteiger partial charge on any atom is 0.345 e. The van der Waals surface area contributed by atoms with E-state index in [4.69, 9.17) is 5.11 Å². The van der Waals surface area contributed by atoms with Crippen LogP contribution in [0.3, 0.4) is 0 Å². The van der Waals surface area contributed by atoms with E-state index in [2.05, 4.69) is 14.9 Å². The standard InChI is InChI=1S/C10H12N4O4S2/c1-14-6-11-13-9(14)2-3-12-20(17,18)7-4-8(10(15)16)19-5-7/h4-6,12H,2-3H2,1H3,(H,15,16). The summed E-state index contributed by atoms with van der Waals surface area (Å²) in [6.45, 7) is 0.160. The van der Waals surface area contributed by atoms with Crippen molar-refractivity contribution >= 4 is 27.3 Å². The minimum Gasteiger partial charge on any atom is -0.477 e. The number of hydrogen-bond donors (Lipinski definition) is 2. The van der Waals surface area contributed by atoms with Crippen molar-refractivity contribution in [3.63, 3.8) is 0 Å². The van der Waals surface area contributed by atoms with Crippen molar-refractivity contribution in [2.75, 3.05) is 6.54 Å². The Morgan fingerprint density at radius 2 is 2.30 bits per heavy atom. The molecular weight excluding hydrogens is 304 g/mol. The highest BCUT2D eigenvalue weighted by Gasteiger charge is 2.18. The molecule has 2 aromatic rings. The van der Waals surface area contributed by atoms with Gasteiger partial charge in [0, 0.05) is 25.4 Å². The lowest BCUT2D eigenvalue weighted by Gasteiger charge is -2.04. The first-order chi connectivity index (χ1) is 9.40. The summed E-state index contributed by atoms with van der Waals surface area (Å²) in [6.07, 6.45) is 1.92. The summed E-state index contributed by atoms with van der Waals surface area (Å²) >= 11 is 0.873. The van der Waals surface area contributed by atoms with Gasteiger partial charge in [0.25, 0.3) is 0 Å². The summed E-state index contributed by atoms with van der Waals surface area (Å²) in [7, 11) is -1.93. The monoisotopic (exact) mass is 316 g/mol. The Balaban J connectivity index is 2.00. The molecule has 0 atom stereocenters. The van der Waals surface area contributed by atoms with Crippen LogP contribution in [0.2, 0.25) is 0 Å². The molecule has 0 saturated heterocycles. The SMILES string of the molecule is Cn1cnnc1CCNS(=O)(=O)c1csc(C(=O)O)c1. The number of aromatic carboxylic acids is 1. The Labute approximate surface area is 119 Å². The molecule has 0 fully saturated rings. The maximum absolute atomic E-state index is 11.9. The largest absolute Gasteiger partial charge is 0.477 e. The molecule has 2 rings (SSSR count). The maximum atomic E-state index is 11.9.